The molecular weight excluding hydrogens is 212 g/mol. The summed E-state index contributed by atoms with van der Waals surface area (Å²) in [5, 5.41) is 6.48. The van der Waals surface area contributed by atoms with E-state index >= 15 is 0 Å². The Hall–Kier alpha value is -0.570. The van der Waals surface area contributed by atoms with Gasteiger partial charge >= 0.3 is 0 Å². The minimum atomic E-state index is 0.0813. The van der Waals surface area contributed by atoms with E-state index in [1.54, 1.807) is 0 Å². The van der Waals surface area contributed by atoms with Crippen LogP contribution in [0.5, 0.6) is 0 Å². The third-order valence-corrected chi connectivity index (χ3v) is 4.44. The van der Waals surface area contributed by atoms with Crippen LogP contribution in [0.15, 0.2) is 0 Å². The molecule has 1 saturated carbocycles. The smallest absolute Gasteiger partial charge is 0.237 e. The molecule has 3 nitrogen and oxygen atoms in total. The van der Waals surface area contributed by atoms with E-state index in [2.05, 4.69) is 24.5 Å². The third kappa shape index (κ3) is 3.44. The molecule has 1 heterocycles. The summed E-state index contributed by atoms with van der Waals surface area (Å²) in [6.45, 7) is 5.62. The summed E-state index contributed by atoms with van der Waals surface area (Å²) in [5.41, 5.74) is 0. The SMILES string of the molecule is CC(C)C1CCC(NC(=O)C2CCCN2)CC1. The monoisotopic (exact) mass is 238 g/mol. The molecule has 17 heavy (non-hydrogen) atoms. The molecule has 1 atom stereocenters. The van der Waals surface area contributed by atoms with Crippen molar-refractivity contribution in [3.8, 4) is 0 Å². The molecule has 1 aliphatic carbocycles. The molecule has 2 fully saturated rings. The Morgan fingerprint density at radius 1 is 1.18 bits per heavy atom. The number of carbonyl (C=O) groups excluding carboxylic acids is 1. The molecule has 0 spiro atoms. The van der Waals surface area contributed by atoms with Gasteiger partial charge in [0.2, 0.25) is 5.91 Å². The summed E-state index contributed by atoms with van der Waals surface area (Å²) < 4.78 is 0. The predicted octanol–water partition coefficient (Wildman–Crippen LogP) is 2.07. The van der Waals surface area contributed by atoms with Crippen LogP contribution in [0.4, 0.5) is 0 Å². The van der Waals surface area contributed by atoms with Gasteiger partial charge < -0.3 is 10.6 Å². The van der Waals surface area contributed by atoms with Gasteiger partial charge in [0.05, 0.1) is 6.04 Å². The second-order valence-corrected chi connectivity index (χ2v) is 6.01. The van der Waals surface area contributed by atoms with Crippen LogP contribution in [0.1, 0.15) is 52.4 Å². The fraction of sp³-hybridized carbons (Fsp3) is 0.929. The number of nitrogens with one attached hydrogen (secondary N) is 2. The Labute approximate surface area is 105 Å². The van der Waals surface area contributed by atoms with E-state index in [1.165, 1.54) is 25.7 Å². The molecule has 0 aromatic rings. The molecule has 1 saturated heterocycles. The summed E-state index contributed by atoms with van der Waals surface area (Å²) in [6.07, 6.45) is 7.04. The molecule has 98 valence electrons. The molecule has 0 radical (unpaired) electrons. The van der Waals surface area contributed by atoms with Crippen LogP contribution in [0.2, 0.25) is 0 Å². The van der Waals surface area contributed by atoms with Crippen LogP contribution >= 0.6 is 0 Å². The minimum Gasteiger partial charge on any atom is -0.352 e. The van der Waals surface area contributed by atoms with Crippen molar-refractivity contribution in [2.45, 2.75) is 64.5 Å². The topological polar surface area (TPSA) is 41.1 Å². The van der Waals surface area contributed by atoms with Crippen molar-refractivity contribution in [2.24, 2.45) is 11.8 Å². The van der Waals surface area contributed by atoms with Crippen molar-refractivity contribution >= 4 is 5.91 Å². The lowest BCUT2D eigenvalue weighted by Crippen LogP contribution is -2.46. The Morgan fingerprint density at radius 2 is 1.88 bits per heavy atom. The average molecular weight is 238 g/mol. The van der Waals surface area contributed by atoms with Crippen molar-refractivity contribution in [1.82, 2.24) is 10.6 Å². The molecule has 3 heteroatoms. The Bertz CT molecular complexity index is 251. The standard InChI is InChI=1S/C14H26N2O/c1-10(2)11-5-7-12(8-6-11)16-14(17)13-4-3-9-15-13/h10-13,15H,3-9H2,1-2H3,(H,16,17). The zero-order chi connectivity index (χ0) is 12.3. The van der Waals surface area contributed by atoms with E-state index in [9.17, 15) is 4.79 Å². The fourth-order valence-corrected chi connectivity index (χ4v) is 3.14. The summed E-state index contributed by atoms with van der Waals surface area (Å²) >= 11 is 0. The number of rotatable bonds is 3. The highest BCUT2D eigenvalue weighted by atomic mass is 16.2. The van der Waals surface area contributed by atoms with E-state index < -0.39 is 0 Å². The summed E-state index contributed by atoms with van der Waals surface area (Å²) in [5.74, 6) is 1.89. The van der Waals surface area contributed by atoms with E-state index in [-0.39, 0.29) is 11.9 Å². The summed E-state index contributed by atoms with van der Waals surface area (Å²) in [4.78, 5) is 12.0. The average Bonchev–Trinajstić information content (AvgIpc) is 2.83. The number of hydrogen-bond donors (Lipinski definition) is 2. The van der Waals surface area contributed by atoms with Gasteiger partial charge in [-0.05, 0) is 56.9 Å². The molecule has 1 aliphatic heterocycles. The van der Waals surface area contributed by atoms with Gasteiger partial charge in [-0.15, -0.1) is 0 Å². The second kappa shape index (κ2) is 5.85. The van der Waals surface area contributed by atoms with Crippen LogP contribution in [-0.4, -0.2) is 24.5 Å². The number of hydrogen-bond acceptors (Lipinski definition) is 2. The van der Waals surface area contributed by atoms with E-state index in [0.29, 0.717) is 6.04 Å². The van der Waals surface area contributed by atoms with Crippen LogP contribution in [-0.2, 0) is 4.79 Å². The van der Waals surface area contributed by atoms with Crippen molar-refractivity contribution in [1.29, 1.82) is 0 Å². The van der Waals surface area contributed by atoms with Crippen LogP contribution in [0.3, 0.4) is 0 Å². The van der Waals surface area contributed by atoms with Crippen molar-refractivity contribution in [3.05, 3.63) is 0 Å². The molecular formula is C14H26N2O. The first-order valence-electron chi connectivity index (χ1n) is 7.20. The molecule has 1 unspecified atom stereocenters. The number of carbonyl (C=O) groups is 1. The Kier molecular flexibility index (Phi) is 4.43. The molecule has 0 aromatic carbocycles. The lowest BCUT2D eigenvalue weighted by Gasteiger charge is -2.31. The fourth-order valence-electron chi connectivity index (χ4n) is 3.14. The minimum absolute atomic E-state index is 0.0813. The molecule has 0 aromatic heterocycles. The molecule has 2 rings (SSSR count). The van der Waals surface area contributed by atoms with Gasteiger partial charge in [-0.2, -0.15) is 0 Å². The van der Waals surface area contributed by atoms with E-state index in [0.717, 1.165) is 31.2 Å². The lowest BCUT2D eigenvalue weighted by atomic mass is 9.79. The summed E-state index contributed by atoms with van der Waals surface area (Å²) in [6, 6.07) is 0.512. The first kappa shape index (κ1) is 12.9. The quantitative estimate of drug-likeness (QED) is 0.790. The van der Waals surface area contributed by atoms with Crippen molar-refractivity contribution in [3.63, 3.8) is 0 Å². The van der Waals surface area contributed by atoms with E-state index in [1.807, 2.05) is 0 Å². The maximum atomic E-state index is 12.0. The first-order valence-corrected chi connectivity index (χ1v) is 7.20. The lowest BCUT2D eigenvalue weighted by molar-refractivity contribution is -0.123. The van der Waals surface area contributed by atoms with Gasteiger partial charge in [-0.1, -0.05) is 13.8 Å². The van der Waals surface area contributed by atoms with Crippen LogP contribution in [0, 0.1) is 11.8 Å². The Morgan fingerprint density at radius 3 is 2.41 bits per heavy atom. The normalized spacial score (nSPS) is 33.9. The van der Waals surface area contributed by atoms with Crippen molar-refractivity contribution < 1.29 is 4.79 Å². The first-order chi connectivity index (χ1) is 8.16. The predicted molar refractivity (Wildman–Crippen MR) is 69.8 cm³/mol. The molecule has 2 N–H and O–H groups in total. The van der Waals surface area contributed by atoms with Gasteiger partial charge in [-0.3, -0.25) is 4.79 Å². The molecule has 2 aliphatic rings. The van der Waals surface area contributed by atoms with Gasteiger partial charge in [0.1, 0.15) is 0 Å². The van der Waals surface area contributed by atoms with Crippen LogP contribution < -0.4 is 10.6 Å². The zero-order valence-electron chi connectivity index (χ0n) is 11.2. The second-order valence-electron chi connectivity index (χ2n) is 6.01. The maximum Gasteiger partial charge on any atom is 0.237 e. The van der Waals surface area contributed by atoms with Gasteiger partial charge in [0.25, 0.3) is 0 Å². The highest BCUT2D eigenvalue weighted by Crippen LogP contribution is 2.29. The van der Waals surface area contributed by atoms with Gasteiger partial charge in [0.15, 0.2) is 0 Å². The highest BCUT2D eigenvalue weighted by Gasteiger charge is 2.27. The summed E-state index contributed by atoms with van der Waals surface area (Å²) in [7, 11) is 0. The van der Waals surface area contributed by atoms with Crippen LogP contribution in [0.25, 0.3) is 0 Å². The number of amides is 1. The largest absolute Gasteiger partial charge is 0.352 e. The Balaban J connectivity index is 1.72. The van der Waals surface area contributed by atoms with Gasteiger partial charge in [0, 0.05) is 6.04 Å². The highest BCUT2D eigenvalue weighted by molar-refractivity contribution is 5.82. The van der Waals surface area contributed by atoms with E-state index in [4.69, 9.17) is 0 Å². The molecule has 0 bridgehead atoms. The molecule has 1 amide bonds. The zero-order valence-corrected chi connectivity index (χ0v) is 11.2. The van der Waals surface area contributed by atoms with Crippen molar-refractivity contribution in [2.75, 3.05) is 6.54 Å². The third-order valence-electron chi connectivity index (χ3n) is 4.44. The van der Waals surface area contributed by atoms with Gasteiger partial charge in [-0.25, -0.2) is 0 Å². The maximum absolute atomic E-state index is 12.0.